The Bertz CT molecular complexity index is 347. The highest BCUT2D eigenvalue weighted by molar-refractivity contribution is 5.53. The summed E-state index contributed by atoms with van der Waals surface area (Å²) >= 11 is 0. The SMILES string of the molecule is CCCCCNCCN(C)c1ccc(C)cc1C. The van der Waals surface area contributed by atoms with Crippen LogP contribution in [0, 0.1) is 13.8 Å². The molecule has 102 valence electrons. The van der Waals surface area contributed by atoms with E-state index in [1.165, 1.54) is 36.1 Å². The molecule has 0 radical (unpaired) electrons. The minimum Gasteiger partial charge on any atom is -0.373 e. The maximum atomic E-state index is 3.51. The number of anilines is 1. The number of hydrogen-bond acceptors (Lipinski definition) is 2. The summed E-state index contributed by atoms with van der Waals surface area (Å²) in [4.78, 5) is 2.33. The largest absolute Gasteiger partial charge is 0.373 e. The first-order valence-electron chi connectivity index (χ1n) is 7.14. The van der Waals surface area contributed by atoms with Gasteiger partial charge < -0.3 is 10.2 Å². The van der Waals surface area contributed by atoms with Gasteiger partial charge in [0, 0.05) is 25.8 Å². The Morgan fingerprint density at radius 1 is 1.11 bits per heavy atom. The highest BCUT2D eigenvalue weighted by Crippen LogP contribution is 2.19. The molecule has 0 aromatic heterocycles. The van der Waals surface area contributed by atoms with Crippen molar-refractivity contribution in [3.63, 3.8) is 0 Å². The number of benzene rings is 1. The molecule has 2 nitrogen and oxygen atoms in total. The fraction of sp³-hybridized carbons (Fsp3) is 0.625. The van der Waals surface area contributed by atoms with Gasteiger partial charge in [0.05, 0.1) is 0 Å². The zero-order valence-electron chi connectivity index (χ0n) is 12.4. The summed E-state index contributed by atoms with van der Waals surface area (Å²) in [5.74, 6) is 0. The molecule has 1 aromatic rings. The van der Waals surface area contributed by atoms with Crippen LogP contribution in [0.25, 0.3) is 0 Å². The highest BCUT2D eigenvalue weighted by atomic mass is 15.1. The van der Waals surface area contributed by atoms with E-state index in [4.69, 9.17) is 0 Å². The number of unbranched alkanes of at least 4 members (excludes halogenated alkanes) is 2. The Kier molecular flexibility index (Phi) is 6.81. The van der Waals surface area contributed by atoms with E-state index < -0.39 is 0 Å². The molecular weight excluding hydrogens is 220 g/mol. The van der Waals surface area contributed by atoms with E-state index >= 15 is 0 Å². The van der Waals surface area contributed by atoms with Crippen molar-refractivity contribution in [3.05, 3.63) is 29.3 Å². The molecule has 0 bridgehead atoms. The van der Waals surface area contributed by atoms with Crippen molar-refractivity contribution in [1.29, 1.82) is 0 Å². The van der Waals surface area contributed by atoms with Gasteiger partial charge in [-0.1, -0.05) is 37.5 Å². The van der Waals surface area contributed by atoms with Crippen LogP contribution in [-0.2, 0) is 0 Å². The number of nitrogens with zero attached hydrogens (tertiary/aromatic N) is 1. The summed E-state index contributed by atoms with van der Waals surface area (Å²) < 4.78 is 0. The van der Waals surface area contributed by atoms with Gasteiger partial charge in [-0.15, -0.1) is 0 Å². The van der Waals surface area contributed by atoms with Crippen molar-refractivity contribution < 1.29 is 0 Å². The van der Waals surface area contributed by atoms with Crippen molar-refractivity contribution >= 4 is 5.69 Å². The molecule has 1 aromatic carbocycles. The number of aryl methyl sites for hydroxylation is 2. The molecule has 0 spiro atoms. The molecule has 1 rings (SSSR count). The molecule has 0 heterocycles. The lowest BCUT2D eigenvalue weighted by atomic mass is 10.1. The van der Waals surface area contributed by atoms with Crippen LogP contribution in [0.2, 0.25) is 0 Å². The zero-order valence-corrected chi connectivity index (χ0v) is 12.4. The second-order valence-corrected chi connectivity index (χ2v) is 5.17. The quantitative estimate of drug-likeness (QED) is 0.708. The Morgan fingerprint density at radius 3 is 2.56 bits per heavy atom. The van der Waals surface area contributed by atoms with Gasteiger partial charge in [0.2, 0.25) is 0 Å². The summed E-state index contributed by atoms with van der Waals surface area (Å²) in [7, 11) is 2.17. The summed E-state index contributed by atoms with van der Waals surface area (Å²) in [6.07, 6.45) is 3.92. The Balaban J connectivity index is 2.29. The molecule has 0 amide bonds. The summed E-state index contributed by atoms with van der Waals surface area (Å²) in [6, 6.07) is 6.66. The fourth-order valence-corrected chi connectivity index (χ4v) is 2.23. The smallest absolute Gasteiger partial charge is 0.0393 e. The minimum absolute atomic E-state index is 1.06. The molecule has 2 heteroatoms. The molecule has 0 atom stereocenters. The second kappa shape index (κ2) is 8.15. The van der Waals surface area contributed by atoms with Crippen LogP contribution >= 0.6 is 0 Å². The standard InChI is InChI=1S/C16H28N2/c1-5-6-7-10-17-11-12-18(4)16-9-8-14(2)13-15(16)3/h8-9,13,17H,5-7,10-12H2,1-4H3. The van der Waals surface area contributed by atoms with Gasteiger partial charge in [-0.3, -0.25) is 0 Å². The summed E-state index contributed by atoms with van der Waals surface area (Å²) in [5, 5.41) is 3.51. The third-order valence-corrected chi connectivity index (χ3v) is 3.34. The normalized spacial score (nSPS) is 10.7. The topological polar surface area (TPSA) is 15.3 Å². The van der Waals surface area contributed by atoms with E-state index in [2.05, 4.69) is 56.2 Å². The van der Waals surface area contributed by atoms with Gasteiger partial charge in [0.15, 0.2) is 0 Å². The summed E-state index contributed by atoms with van der Waals surface area (Å²) in [6.45, 7) is 9.85. The number of likely N-dealkylation sites (N-methyl/N-ethyl adjacent to an activating group) is 1. The van der Waals surface area contributed by atoms with Crippen molar-refractivity contribution in [1.82, 2.24) is 5.32 Å². The predicted octanol–water partition coefficient (Wildman–Crippen LogP) is 3.52. The van der Waals surface area contributed by atoms with Gasteiger partial charge in [-0.2, -0.15) is 0 Å². The van der Waals surface area contributed by atoms with Crippen LogP contribution < -0.4 is 10.2 Å². The van der Waals surface area contributed by atoms with Crippen LogP contribution in [0.4, 0.5) is 5.69 Å². The van der Waals surface area contributed by atoms with E-state index in [0.29, 0.717) is 0 Å². The second-order valence-electron chi connectivity index (χ2n) is 5.17. The predicted molar refractivity (Wildman–Crippen MR) is 81.6 cm³/mol. The Hall–Kier alpha value is -1.02. The van der Waals surface area contributed by atoms with Crippen LogP contribution in [0.15, 0.2) is 18.2 Å². The van der Waals surface area contributed by atoms with E-state index in [-0.39, 0.29) is 0 Å². The van der Waals surface area contributed by atoms with Crippen molar-refractivity contribution in [2.45, 2.75) is 40.0 Å². The van der Waals surface area contributed by atoms with Gasteiger partial charge >= 0.3 is 0 Å². The van der Waals surface area contributed by atoms with Crippen molar-refractivity contribution in [3.8, 4) is 0 Å². The monoisotopic (exact) mass is 248 g/mol. The maximum absolute atomic E-state index is 3.51. The Morgan fingerprint density at radius 2 is 1.89 bits per heavy atom. The molecule has 18 heavy (non-hydrogen) atoms. The van der Waals surface area contributed by atoms with Gasteiger partial charge in [-0.05, 0) is 38.4 Å². The van der Waals surface area contributed by atoms with E-state index in [1.807, 2.05) is 0 Å². The number of nitrogens with one attached hydrogen (secondary N) is 1. The average Bonchev–Trinajstić information content (AvgIpc) is 2.33. The lowest BCUT2D eigenvalue weighted by Gasteiger charge is -2.22. The third kappa shape index (κ3) is 5.09. The molecule has 0 saturated heterocycles. The number of hydrogen-bond donors (Lipinski definition) is 1. The first kappa shape index (κ1) is 15.0. The first-order valence-corrected chi connectivity index (χ1v) is 7.14. The lowest BCUT2D eigenvalue weighted by molar-refractivity contribution is 0.615. The number of rotatable bonds is 8. The molecule has 0 unspecified atom stereocenters. The highest BCUT2D eigenvalue weighted by Gasteiger charge is 2.03. The molecule has 0 fully saturated rings. The van der Waals surface area contributed by atoms with Crippen LogP contribution in [0.3, 0.4) is 0 Å². The lowest BCUT2D eigenvalue weighted by Crippen LogP contribution is -2.30. The Labute approximate surface area is 112 Å². The van der Waals surface area contributed by atoms with E-state index in [9.17, 15) is 0 Å². The van der Waals surface area contributed by atoms with Crippen molar-refractivity contribution in [2.24, 2.45) is 0 Å². The van der Waals surface area contributed by atoms with E-state index in [1.54, 1.807) is 0 Å². The molecule has 0 saturated carbocycles. The zero-order chi connectivity index (χ0) is 13.4. The van der Waals surface area contributed by atoms with Crippen LogP contribution in [-0.4, -0.2) is 26.7 Å². The van der Waals surface area contributed by atoms with Gasteiger partial charge in [-0.25, -0.2) is 0 Å². The molecule has 0 aliphatic heterocycles. The minimum atomic E-state index is 1.06. The molecular formula is C16H28N2. The van der Waals surface area contributed by atoms with Gasteiger partial charge in [0.1, 0.15) is 0 Å². The average molecular weight is 248 g/mol. The van der Waals surface area contributed by atoms with Crippen LogP contribution in [0.1, 0.15) is 37.3 Å². The van der Waals surface area contributed by atoms with Gasteiger partial charge in [0.25, 0.3) is 0 Å². The summed E-state index contributed by atoms with van der Waals surface area (Å²) in [5.41, 5.74) is 4.04. The molecule has 0 aliphatic carbocycles. The van der Waals surface area contributed by atoms with Crippen LogP contribution in [0.5, 0.6) is 0 Å². The molecule has 1 N–H and O–H groups in total. The maximum Gasteiger partial charge on any atom is 0.0393 e. The fourth-order valence-electron chi connectivity index (χ4n) is 2.23. The van der Waals surface area contributed by atoms with E-state index in [0.717, 1.165) is 19.6 Å². The molecule has 0 aliphatic rings. The van der Waals surface area contributed by atoms with Crippen molar-refractivity contribution in [2.75, 3.05) is 31.6 Å². The third-order valence-electron chi connectivity index (χ3n) is 3.34. The first-order chi connectivity index (χ1) is 8.65.